The Kier molecular flexibility index (Phi) is 5.58. The zero-order chi connectivity index (χ0) is 15.1. The molecule has 21 heavy (non-hydrogen) atoms. The van der Waals surface area contributed by atoms with Crippen molar-refractivity contribution in [3.05, 3.63) is 47.7 Å². The van der Waals surface area contributed by atoms with Crippen LogP contribution in [0.3, 0.4) is 0 Å². The highest BCUT2D eigenvalue weighted by molar-refractivity contribution is 5.89. The lowest BCUT2D eigenvalue weighted by Gasteiger charge is -2.01. The summed E-state index contributed by atoms with van der Waals surface area (Å²) in [6.07, 6.45) is 2.44. The second-order valence-corrected chi connectivity index (χ2v) is 4.97. The third kappa shape index (κ3) is 4.20. The highest BCUT2D eigenvalue weighted by atomic mass is 16.5. The van der Waals surface area contributed by atoms with Crippen molar-refractivity contribution in [2.75, 3.05) is 13.7 Å². The molecule has 2 N–H and O–H groups in total. The first-order chi connectivity index (χ1) is 10.2. The van der Waals surface area contributed by atoms with Crippen molar-refractivity contribution in [1.82, 2.24) is 0 Å². The molecule has 0 aliphatic heterocycles. The Labute approximate surface area is 125 Å². The van der Waals surface area contributed by atoms with Gasteiger partial charge in [-0.2, -0.15) is 0 Å². The van der Waals surface area contributed by atoms with Gasteiger partial charge in [-0.3, -0.25) is 0 Å². The van der Waals surface area contributed by atoms with E-state index in [0.717, 1.165) is 30.2 Å². The number of ether oxygens (including phenoxy) is 1. The molecule has 1 heterocycles. The normalized spacial score (nSPS) is 10.6. The molecule has 0 aliphatic carbocycles. The Morgan fingerprint density at radius 2 is 1.95 bits per heavy atom. The topological polar surface area (TPSA) is 56.0 Å². The van der Waals surface area contributed by atoms with Gasteiger partial charge in [0.1, 0.15) is 12.3 Å². The van der Waals surface area contributed by atoms with E-state index in [1.165, 1.54) is 20.0 Å². The van der Waals surface area contributed by atoms with E-state index in [0.29, 0.717) is 5.56 Å². The fourth-order valence-corrected chi connectivity index (χ4v) is 2.12. The van der Waals surface area contributed by atoms with Gasteiger partial charge < -0.3 is 14.5 Å². The minimum absolute atomic E-state index is 0.327. The quantitative estimate of drug-likeness (QED) is 0.629. The molecule has 0 unspecified atom stereocenters. The molecule has 4 heteroatoms. The maximum Gasteiger partial charge on any atom is 0.337 e. The van der Waals surface area contributed by atoms with Gasteiger partial charge in [-0.15, -0.1) is 0 Å². The minimum Gasteiger partial charge on any atom is -0.465 e. The van der Waals surface area contributed by atoms with Crippen LogP contribution in [0.15, 0.2) is 40.8 Å². The number of hydrogen-bond donors (Lipinski definition) is 1. The van der Waals surface area contributed by atoms with Gasteiger partial charge in [0.2, 0.25) is 0 Å². The van der Waals surface area contributed by atoms with E-state index in [4.69, 9.17) is 4.42 Å². The first-order valence-electron chi connectivity index (χ1n) is 7.33. The van der Waals surface area contributed by atoms with Crippen LogP contribution in [0.4, 0.5) is 0 Å². The van der Waals surface area contributed by atoms with Crippen molar-refractivity contribution in [3.63, 3.8) is 0 Å². The van der Waals surface area contributed by atoms with E-state index in [1.54, 1.807) is 12.1 Å². The number of furan rings is 1. The summed E-state index contributed by atoms with van der Waals surface area (Å²) in [5.74, 6) is 1.47. The average molecular weight is 288 g/mol. The van der Waals surface area contributed by atoms with E-state index in [2.05, 4.69) is 17.0 Å². The summed E-state index contributed by atoms with van der Waals surface area (Å²) in [4.78, 5) is 11.4. The van der Waals surface area contributed by atoms with Crippen molar-refractivity contribution in [2.24, 2.45) is 0 Å². The lowest BCUT2D eigenvalue weighted by Crippen LogP contribution is -2.82. The Morgan fingerprint density at radius 1 is 1.19 bits per heavy atom. The van der Waals surface area contributed by atoms with Crippen LogP contribution < -0.4 is 5.32 Å². The van der Waals surface area contributed by atoms with Gasteiger partial charge in [0.15, 0.2) is 5.76 Å². The van der Waals surface area contributed by atoms with Gasteiger partial charge in [0.05, 0.1) is 19.2 Å². The van der Waals surface area contributed by atoms with E-state index < -0.39 is 0 Å². The summed E-state index contributed by atoms with van der Waals surface area (Å²) in [7, 11) is 1.38. The lowest BCUT2D eigenvalue weighted by atomic mass is 10.1. The van der Waals surface area contributed by atoms with Gasteiger partial charge in [-0.25, -0.2) is 4.79 Å². The zero-order valence-electron chi connectivity index (χ0n) is 12.6. The largest absolute Gasteiger partial charge is 0.465 e. The fraction of sp³-hybridized carbons (Fsp3) is 0.353. The van der Waals surface area contributed by atoms with Gasteiger partial charge in [0, 0.05) is 5.56 Å². The fourth-order valence-electron chi connectivity index (χ4n) is 2.12. The average Bonchev–Trinajstić information content (AvgIpc) is 3.00. The van der Waals surface area contributed by atoms with Crippen LogP contribution in [0.25, 0.3) is 11.3 Å². The maximum atomic E-state index is 11.4. The number of hydrogen-bond acceptors (Lipinski definition) is 3. The lowest BCUT2D eigenvalue weighted by molar-refractivity contribution is -0.672. The summed E-state index contributed by atoms with van der Waals surface area (Å²) in [5.41, 5.74) is 1.50. The van der Waals surface area contributed by atoms with Crippen LogP contribution in [0.5, 0.6) is 0 Å². The predicted octanol–water partition coefficient (Wildman–Crippen LogP) is 2.60. The molecule has 0 bridgehead atoms. The van der Waals surface area contributed by atoms with Crippen LogP contribution in [0, 0.1) is 0 Å². The third-order valence-corrected chi connectivity index (χ3v) is 3.36. The maximum absolute atomic E-state index is 11.4. The second-order valence-electron chi connectivity index (χ2n) is 4.97. The molecule has 112 valence electrons. The number of esters is 1. The van der Waals surface area contributed by atoms with Crippen molar-refractivity contribution in [1.29, 1.82) is 0 Å². The highest BCUT2D eigenvalue weighted by Gasteiger charge is 2.08. The third-order valence-electron chi connectivity index (χ3n) is 3.36. The molecule has 0 fully saturated rings. The molecule has 0 radical (unpaired) electrons. The molecule has 0 atom stereocenters. The number of nitrogens with two attached hydrogens (primary N) is 1. The van der Waals surface area contributed by atoms with Crippen molar-refractivity contribution in [3.8, 4) is 11.3 Å². The summed E-state index contributed by atoms with van der Waals surface area (Å²) >= 11 is 0. The van der Waals surface area contributed by atoms with Crippen LogP contribution >= 0.6 is 0 Å². The Hall–Kier alpha value is -2.07. The molecular weight excluding hydrogens is 266 g/mol. The Morgan fingerprint density at radius 3 is 2.62 bits per heavy atom. The van der Waals surface area contributed by atoms with Crippen molar-refractivity contribution in [2.45, 2.75) is 26.3 Å². The van der Waals surface area contributed by atoms with E-state index >= 15 is 0 Å². The molecule has 1 aromatic carbocycles. The number of quaternary nitrogens is 1. The first kappa shape index (κ1) is 15.3. The van der Waals surface area contributed by atoms with Crippen molar-refractivity contribution < 1.29 is 19.3 Å². The van der Waals surface area contributed by atoms with Crippen molar-refractivity contribution >= 4 is 5.97 Å². The number of rotatable bonds is 7. The van der Waals surface area contributed by atoms with Gasteiger partial charge in [-0.05, 0) is 30.7 Å². The van der Waals surface area contributed by atoms with Crippen LogP contribution in [-0.2, 0) is 11.3 Å². The van der Waals surface area contributed by atoms with E-state index in [-0.39, 0.29) is 5.97 Å². The second kappa shape index (κ2) is 7.64. The first-order valence-corrected chi connectivity index (χ1v) is 7.33. The number of carbonyl (C=O) groups excluding carboxylic acids is 1. The van der Waals surface area contributed by atoms with Gasteiger partial charge in [0.25, 0.3) is 0 Å². The Bertz CT molecular complexity index is 572. The van der Waals surface area contributed by atoms with Crippen LogP contribution in [0.2, 0.25) is 0 Å². The highest BCUT2D eigenvalue weighted by Crippen LogP contribution is 2.22. The van der Waals surface area contributed by atoms with Crippen LogP contribution in [0.1, 0.15) is 35.9 Å². The molecule has 4 nitrogen and oxygen atoms in total. The number of methoxy groups -OCH3 is 1. The summed E-state index contributed by atoms with van der Waals surface area (Å²) < 4.78 is 10.5. The molecule has 2 rings (SSSR count). The Balaban J connectivity index is 1.99. The molecule has 0 spiro atoms. The molecule has 2 aromatic rings. The summed E-state index contributed by atoms with van der Waals surface area (Å²) in [6.45, 7) is 4.18. The van der Waals surface area contributed by atoms with Crippen LogP contribution in [-0.4, -0.2) is 19.6 Å². The number of unbranched alkanes of at least 4 members (excludes halogenated alkanes) is 1. The van der Waals surface area contributed by atoms with E-state index in [9.17, 15) is 4.79 Å². The van der Waals surface area contributed by atoms with E-state index in [1.807, 2.05) is 24.3 Å². The summed E-state index contributed by atoms with van der Waals surface area (Å²) in [6, 6.07) is 11.2. The SMILES string of the molecule is CCCC[NH2+]Cc1ccc(-c2ccc(C(=O)OC)cc2)o1. The number of carbonyl (C=O) groups is 1. The number of benzene rings is 1. The minimum atomic E-state index is -0.327. The monoisotopic (exact) mass is 288 g/mol. The zero-order valence-corrected chi connectivity index (χ0v) is 12.6. The standard InChI is InChI=1S/C17H21NO3/c1-3-4-11-18-12-15-9-10-16(21-15)13-5-7-14(8-6-13)17(19)20-2/h5-10,18H,3-4,11-12H2,1-2H3/p+1. The van der Waals surface area contributed by atoms with Gasteiger partial charge in [-0.1, -0.05) is 25.5 Å². The molecular formula is C17H22NO3+. The molecule has 1 aromatic heterocycles. The summed E-state index contributed by atoms with van der Waals surface area (Å²) in [5, 5.41) is 2.26. The predicted molar refractivity (Wildman–Crippen MR) is 80.9 cm³/mol. The smallest absolute Gasteiger partial charge is 0.337 e. The van der Waals surface area contributed by atoms with Gasteiger partial charge >= 0.3 is 5.97 Å². The molecule has 0 saturated carbocycles. The molecule has 0 saturated heterocycles. The molecule has 0 aliphatic rings. The molecule has 0 amide bonds.